The van der Waals surface area contributed by atoms with E-state index in [0.29, 0.717) is 6.04 Å². The molecule has 112 valence electrons. The van der Waals surface area contributed by atoms with Crippen LogP contribution >= 0.6 is 0 Å². The van der Waals surface area contributed by atoms with Crippen molar-refractivity contribution >= 4 is 5.96 Å². The standard InChI is InChI=1S/C15H31N3O/c1-6-16-14(17-9-15(5)10-19-11-15)18-13(4)8-7-12(2)3/h12-13H,6-11H2,1-5H3,(H2,16,17,18). The van der Waals surface area contributed by atoms with Gasteiger partial charge in [0.2, 0.25) is 0 Å². The van der Waals surface area contributed by atoms with Gasteiger partial charge in [-0.05, 0) is 32.6 Å². The van der Waals surface area contributed by atoms with Crippen molar-refractivity contribution in [3.8, 4) is 0 Å². The Balaban J connectivity index is 2.39. The lowest BCUT2D eigenvalue weighted by atomic mass is 9.89. The summed E-state index contributed by atoms with van der Waals surface area (Å²) in [6.07, 6.45) is 2.43. The van der Waals surface area contributed by atoms with E-state index in [2.05, 4.69) is 50.2 Å². The molecule has 0 radical (unpaired) electrons. The predicted octanol–water partition coefficient (Wildman–Crippen LogP) is 2.40. The lowest BCUT2D eigenvalue weighted by Gasteiger charge is -2.36. The van der Waals surface area contributed by atoms with Crippen molar-refractivity contribution in [1.29, 1.82) is 0 Å². The second-order valence-corrected chi connectivity index (χ2v) is 6.52. The third-order valence-corrected chi connectivity index (χ3v) is 3.42. The van der Waals surface area contributed by atoms with E-state index in [1.165, 1.54) is 12.8 Å². The number of guanidine groups is 1. The molecule has 1 heterocycles. The Morgan fingerprint density at radius 1 is 1.26 bits per heavy atom. The minimum Gasteiger partial charge on any atom is -0.380 e. The van der Waals surface area contributed by atoms with Crippen LogP contribution in [-0.2, 0) is 4.74 Å². The van der Waals surface area contributed by atoms with Crippen LogP contribution < -0.4 is 10.6 Å². The van der Waals surface area contributed by atoms with Crippen molar-refractivity contribution in [2.24, 2.45) is 16.3 Å². The molecule has 4 nitrogen and oxygen atoms in total. The Hall–Kier alpha value is -0.770. The van der Waals surface area contributed by atoms with Gasteiger partial charge >= 0.3 is 0 Å². The van der Waals surface area contributed by atoms with Crippen LogP contribution in [0.2, 0.25) is 0 Å². The minimum absolute atomic E-state index is 0.240. The van der Waals surface area contributed by atoms with E-state index in [1.807, 2.05) is 0 Å². The van der Waals surface area contributed by atoms with E-state index >= 15 is 0 Å². The number of rotatable bonds is 7. The number of aliphatic imine (C=N–C) groups is 1. The van der Waals surface area contributed by atoms with E-state index in [4.69, 9.17) is 4.74 Å². The van der Waals surface area contributed by atoms with Crippen molar-refractivity contribution in [3.05, 3.63) is 0 Å². The molecule has 19 heavy (non-hydrogen) atoms. The molecule has 1 rings (SSSR count). The van der Waals surface area contributed by atoms with Crippen LogP contribution in [0.3, 0.4) is 0 Å². The first-order valence-corrected chi connectivity index (χ1v) is 7.58. The zero-order valence-electron chi connectivity index (χ0n) is 13.3. The summed E-state index contributed by atoms with van der Waals surface area (Å²) in [4.78, 5) is 4.69. The van der Waals surface area contributed by atoms with Gasteiger partial charge in [0.25, 0.3) is 0 Å². The minimum atomic E-state index is 0.240. The lowest BCUT2D eigenvalue weighted by molar-refractivity contribution is -0.0945. The molecular weight excluding hydrogens is 238 g/mol. The van der Waals surface area contributed by atoms with Gasteiger partial charge in [-0.25, -0.2) is 0 Å². The number of ether oxygens (including phenoxy) is 1. The maximum Gasteiger partial charge on any atom is 0.191 e. The summed E-state index contributed by atoms with van der Waals surface area (Å²) < 4.78 is 5.27. The van der Waals surface area contributed by atoms with Gasteiger partial charge in [-0.1, -0.05) is 20.8 Å². The van der Waals surface area contributed by atoms with Crippen molar-refractivity contribution in [1.82, 2.24) is 10.6 Å². The molecule has 1 atom stereocenters. The molecule has 0 amide bonds. The molecule has 1 aliphatic rings. The van der Waals surface area contributed by atoms with Crippen molar-refractivity contribution in [2.75, 3.05) is 26.3 Å². The third-order valence-electron chi connectivity index (χ3n) is 3.42. The molecule has 1 unspecified atom stereocenters. The highest BCUT2D eigenvalue weighted by Gasteiger charge is 2.33. The van der Waals surface area contributed by atoms with Crippen LogP contribution in [0.4, 0.5) is 0 Å². The Morgan fingerprint density at radius 3 is 2.42 bits per heavy atom. The average Bonchev–Trinajstić information content (AvgIpc) is 2.31. The molecule has 1 aliphatic heterocycles. The molecule has 2 N–H and O–H groups in total. The zero-order valence-corrected chi connectivity index (χ0v) is 13.3. The Bertz CT molecular complexity index is 285. The van der Waals surface area contributed by atoms with Crippen LogP contribution in [0, 0.1) is 11.3 Å². The first-order valence-electron chi connectivity index (χ1n) is 7.58. The van der Waals surface area contributed by atoms with Gasteiger partial charge in [-0.2, -0.15) is 0 Å². The van der Waals surface area contributed by atoms with E-state index in [0.717, 1.165) is 38.2 Å². The Labute approximate surface area is 118 Å². The summed E-state index contributed by atoms with van der Waals surface area (Å²) in [5, 5.41) is 6.81. The maximum absolute atomic E-state index is 5.27. The summed E-state index contributed by atoms with van der Waals surface area (Å²) in [6.45, 7) is 14.5. The van der Waals surface area contributed by atoms with Crippen molar-refractivity contribution in [3.63, 3.8) is 0 Å². The molecule has 0 spiro atoms. The average molecular weight is 269 g/mol. The molecule has 0 saturated carbocycles. The Kier molecular flexibility index (Phi) is 6.63. The largest absolute Gasteiger partial charge is 0.380 e. The van der Waals surface area contributed by atoms with Gasteiger partial charge in [-0.3, -0.25) is 4.99 Å². The monoisotopic (exact) mass is 269 g/mol. The number of hydrogen-bond acceptors (Lipinski definition) is 2. The highest BCUT2D eigenvalue weighted by atomic mass is 16.5. The Morgan fingerprint density at radius 2 is 1.95 bits per heavy atom. The number of nitrogens with one attached hydrogen (secondary N) is 2. The predicted molar refractivity (Wildman–Crippen MR) is 81.6 cm³/mol. The topological polar surface area (TPSA) is 45.7 Å². The lowest BCUT2D eigenvalue weighted by Crippen LogP contribution is -2.46. The number of hydrogen-bond donors (Lipinski definition) is 2. The van der Waals surface area contributed by atoms with Gasteiger partial charge in [0.15, 0.2) is 5.96 Å². The van der Waals surface area contributed by atoms with Gasteiger partial charge in [0.1, 0.15) is 0 Å². The molecule has 0 aromatic heterocycles. The first kappa shape index (κ1) is 16.3. The van der Waals surface area contributed by atoms with Gasteiger partial charge in [0.05, 0.1) is 19.8 Å². The van der Waals surface area contributed by atoms with Crippen LogP contribution in [0.1, 0.15) is 47.5 Å². The summed E-state index contributed by atoms with van der Waals surface area (Å²) in [5.74, 6) is 1.70. The van der Waals surface area contributed by atoms with E-state index < -0.39 is 0 Å². The molecule has 0 aliphatic carbocycles. The molecule has 0 aromatic rings. The molecule has 1 saturated heterocycles. The molecule has 0 bridgehead atoms. The summed E-state index contributed by atoms with van der Waals surface area (Å²) in [7, 11) is 0. The molecule has 4 heteroatoms. The van der Waals surface area contributed by atoms with Gasteiger partial charge < -0.3 is 15.4 Å². The fraction of sp³-hybridized carbons (Fsp3) is 0.933. The van der Waals surface area contributed by atoms with Crippen LogP contribution in [0.25, 0.3) is 0 Å². The fourth-order valence-electron chi connectivity index (χ4n) is 2.02. The van der Waals surface area contributed by atoms with Gasteiger partial charge in [-0.15, -0.1) is 0 Å². The second-order valence-electron chi connectivity index (χ2n) is 6.52. The van der Waals surface area contributed by atoms with E-state index in [9.17, 15) is 0 Å². The van der Waals surface area contributed by atoms with Gasteiger partial charge in [0, 0.05) is 18.0 Å². The van der Waals surface area contributed by atoms with Crippen LogP contribution in [-0.4, -0.2) is 38.3 Å². The van der Waals surface area contributed by atoms with E-state index in [-0.39, 0.29) is 5.41 Å². The molecule has 1 fully saturated rings. The highest BCUT2D eigenvalue weighted by molar-refractivity contribution is 5.80. The van der Waals surface area contributed by atoms with Crippen molar-refractivity contribution in [2.45, 2.75) is 53.5 Å². The smallest absolute Gasteiger partial charge is 0.191 e. The quantitative estimate of drug-likeness (QED) is 0.551. The summed E-state index contributed by atoms with van der Waals surface area (Å²) in [6, 6.07) is 0.464. The SMILES string of the molecule is CCNC(=NCC1(C)COC1)NC(C)CCC(C)C. The molecule has 0 aromatic carbocycles. The maximum atomic E-state index is 5.27. The first-order chi connectivity index (χ1) is 8.95. The van der Waals surface area contributed by atoms with E-state index in [1.54, 1.807) is 0 Å². The summed E-state index contributed by atoms with van der Waals surface area (Å²) in [5.41, 5.74) is 0.240. The number of nitrogens with zero attached hydrogens (tertiary/aromatic N) is 1. The third kappa shape index (κ3) is 6.28. The normalized spacial score (nSPS) is 20.0. The molecular formula is C15H31N3O. The van der Waals surface area contributed by atoms with Crippen molar-refractivity contribution < 1.29 is 4.74 Å². The van der Waals surface area contributed by atoms with Crippen LogP contribution in [0.15, 0.2) is 4.99 Å². The van der Waals surface area contributed by atoms with Crippen LogP contribution in [0.5, 0.6) is 0 Å². The second kappa shape index (κ2) is 7.73. The summed E-state index contributed by atoms with van der Waals surface area (Å²) >= 11 is 0. The fourth-order valence-corrected chi connectivity index (χ4v) is 2.02. The zero-order chi connectivity index (χ0) is 14.3. The highest BCUT2D eigenvalue weighted by Crippen LogP contribution is 2.26.